The summed E-state index contributed by atoms with van der Waals surface area (Å²) in [6, 6.07) is 23.8. The fourth-order valence-electron chi connectivity index (χ4n) is 4.37. The molecule has 41 heavy (non-hydrogen) atoms. The monoisotopic (exact) mass is 550 g/mol. The average Bonchev–Trinajstić information content (AvgIpc) is 2.93. The van der Waals surface area contributed by atoms with Crippen molar-refractivity contribution < 1.29 is 43.2 Å². The Kier molecular flexibility index (Phi) is 7.34. The molecule has 0 aliphatic carbocycles. The normalized spacial score (nSPS) is 10.7. The number of hydrogen-bond donors (Lipinski definition) is 1. The van der Waals surface area contributed by atoms with E-state index < -0.39 is 23.9 Å². The van der Waals surface area contributed by atoms with Gasteiger partial charge in [-0.2, -0.15) is 0 Å². The Morgan fingerprint density at radius 1 is 0.512 bits per heavy atom. The molecule has 0 aliphatic rings. The highest BCUT2D eigenvalue weighted by Crippen LogP contribution is 2.43. The molecule has 1 N–H and O–H groups in total. The third kappa shape index (κ3) is 5.55. The topological polar surface area (TPSA) is 125 Å². The highest BCUT2D eigenvalue weighted by molar-refractivity contribution is 6.11. The van der Waals surface area contributed by atoms with Crippen molar-refractivity contribution in [2.45, 2.75) is 13.8 Å². The van der Waals surface area contributed by atoms with Crippen LogP contribution in [0.3, 0.4) is 0 Å². The molecule has 9 nitrogen and oxygen atoms in total. The van der Waals surface area contributed by atoms with Gasteiger partial charge in [0.25, 0.3) is 0 Å². The lowest BCUT2D eigenvalue weighted by atomic mass is 10.0. The molecule has 9 heteroatoms. The first-order chi connectivity index (χ1) is 19.7. The zero-order valence-electron chi connectivity index (χ0n) is 21.9. The maximum atomic E-state index is 13.1. The number of fused-ring (bicyclic) bond motifs is 2. The third-order valence-corrected chi connectivity index (χ3v) is 6.03. The largest absolute Gasteiger partial charge is 0.506 e. The van der Waals surface area contributed by atoms with Crippen molar-refractivity contribution in [2.75, 3.05) is 0 Å². The van der Waals surface area contributed by atoms with Crippen LogP contribution in [-0.2, 0) is 9.59 Å². The summed E-state index contributed by atoms with van der Waals surface area (Å²) in [6.07, 6.45) is 0. The Balaban J connectivity index is 1.56. The molecule has 0 fully saturated rings. The lowest BCUT2D eigenvalue weighted by molar-refractivity contribution is -0.132. The maximum absolute atomic E-state index is 13.1. The van der Waals surface area contributed by atoms with E-state index in [1.54, 1.807) is 54.6 Å². The Bertz CT molecular complexity index is 1720. The smallest absolute Gasteiger partial charge is 0.347 e. The lowest BCUT2D eigenvalue weighted by Gasteiger charge is -2.15. The van der Waals surface area contributed by atoms with E-state index >= 15 is 0 Å². The predicted octanol–water partition coefficient (Wildman–Crippen LogP) is 5.99. The number of para-hydroxylation sites is 2. The molecule has 0 unspecified atom stereocenters. The summed E-state index contributed by atoms with van der Waals surface area (Å²) in [5.41, 5.74) is 0.0297. The van der Waals surface area contributed by atoms with Gasteiger partial charge in [-0.15, -0.1) is 0 Å². The van der Waals surface area contributed by atoms with Gasteiger partial charge in [-0.25, -0.2) is 9.59 Å². The Hall–Kier alpha value is -5.70. The zero-order valence-corrected chi connectivity index (χ0v) is 21.9. The van der Waals surface area contributed by atoms with E-state index in [9.17, 15) is 24.3 Å². The van der Waals surface area contributed by atoms with Gasteiger partial charge in [0.15, 0.2) is 0 Å². The number of carbonyl (C=O) groups excluding carboxylic acids is 4. The van der Waals surface area contributed by atoms with Crippen LogP contribution in [0.25, 0.3) is 21.5 Å². The number of aromatic hydroxyl groups is 1. The highest BCUT2D eigenvalue weighted by atomic mass is 16.6. The van der Waals surface area contributed by atoms with Crippen LogP contribution in [0.15, 0.2) is 91.0 Å². The fraction of sp³-hybridized carbons (Fsp3) is 0.0625. The van der Waals surface area contributed by atoms with Crippen molar-refractivity contribution in [2.24, 2.45) is 0 Å². The fourth-order valence-corrected chi connectivity index (χ4v) is 4.37. The van der Waals surface area contributed by atoms with Crippen molar-refractivity contribution in [3.8, 4) is 28.7 Å². The van der Waals surface area contributed by atoms with Crippen LogP contribution in [0.1, 0.15) is 34.6 Å². The number of phenols is 1. The first-order valence-electron chi connectivity index (χ1n) is 12.4. The molecule has 0 spiro atoms. The maximum Gasteiger partial charge on any atom is 0.347 e. The van der Waals surface area contributed by atoms with Gasteiger partial charge >= 0.3 is 23.9 Å². The van der Waals surface area contributed by atoms with E-state index in [4.69, 9.17) is 18.9 Å². The highest BCUT2D eigenvalue weighted by Gasteiger charge is 2.22. The standard InChI is InChI=1S/C32H22O9/c1-18(33)38-24-13-5-3-11-22(24)31(36)40-26-15-7-9-20-17-21-10-8-16-27(29(21)30(35)28(20)26)41-32(37)23-12-4-6-14-25(23)39-19(2)34/h3-17,35H,1-2H3. The number of benzene rings is 5. The molecule has 5 rings (SSSR count). The number of rotatable bonds is 6. The summed E-state index contributed by atoms with van der Waals surface area (Å²) in [7, 11) is 0. The van der Waals surface area contributed by atoms with Gasteiger partial charge in [-0.1, -0.05) is 48.5 Å². The summed E-state index contributed by atoms with van der Waals surface area (Å²) < 4.78 is 21.6. The van der Waals surface area contributed by atoms with Crippen LogP contribution in [0.4, 0.5) is 0 Å². The van der Waals surface area contributed by atoms with E-state index in [0.717, 1.165) is 0 Å². The number of ether oxygens (including phenoxy) is 4. The number of esters is 4. The van der Waals surface area contributed by atoms with E-state index in [2.05, 4.69) is 0 Å². The van der Waals surface area contributed by atoms with E-state index in [1.807, 2.05) is 0 Å². The van der Waals surface area contributed by atoms with Crippen LogP contribution < -0.4 is 18.9 Å². The van der Waals surface area contributed by atoms with E-state index in [-0.39, 0.29) is 50.6 Å². The molecular formula is C32H22O9. The minimum absolute atomic E-state index is 0.0149. The zero-order chi connectivity index (χ0) is 29.1. The van der Waals surface area contributed by atoms with Crippen molar-refractivity contribution in [1.29, 1.82) is 0 Å². The van der Waals surface area contributed by atoms with Gasteiger partial charge in [0.05, 0.1) is 10.8 Å². The summed E-state index contributed by atoms with van der Waals surface area (Å²) in [6.45, 7) is 2.44. The molecule has 0 bridgehead atoms. The number of hydrogen-bond acceptors (Lipinski definition) is 9. The SMILES string of the molecule is CC(=O)Oc1ccccc1C(=O)Oc1cccc2cc3cccc(OC(=O)c4ccccc4OC(C)=O)c3c(O)c12. The van der Waals surface area contributed by atoms with Crippen LogP contribution in [0.2, 0.25) is 0 Å². The van der Waals surface area contributed by atoms with Crippen molar-refractivity contribution in [3.63, 3.8) is 0 Å². The van der Waals surface area contributed by atoms with Crippen molar-refractivity contribution in [3.05, 3.63) is 102 Å². The van der Waals surface area contributed by atoms with E-state index in [0.29, 0.717) is 10.8 Å². The van der Waals surface area contributed by atoms with Gasteiger partial charge < -0.3 is 24.1 Å². The minimum Gasteiger partial charge on any atom is -0.506 e. The average molecular weight is 551 g/mol. The van der Waals surface area contributed by atoms with Crippen molar-refractivity contribution in [1.82, 2.24) is 0 Å². The third-order valence-electron chi connectivity index (χ3n) is 6.03. The Labute approximate surface area is 233 Å². The molecule has 0 radical (unpaired) electrons. The molecular weight excluding hydrogens is 528 g/mol. The summed E-state index contributed by atoms with van der Waals surface area (Å²) in [4.78, 5) is 49.2. The summed E-state index contributed by atoms with van der Waals surface area (Å²) in [5.74, 6) is -2.98. The second-order valence-electron chi connectivity index (χ2n) is 8.89. The van der Waals surface area contributed by atoms with Gasteiger partial charge in [0, 0.05) is 13.8 Å². The second-order valence-corrected chi connectivity index (χ2v) is 8.89. The number of phenolic OH excluding ortho intramolecular Hbond substituents is 1. The Morgan fingerprint density at radius 2 is 0.902 bits per heavy atom. The van der Waals surface area contributed by atoms with Crippen LogP contribution in [0, 0.1) is 0 Å². The molecule has 0 aliphatic heterocycles. The summed E-state index contributed by atoms with van der Waals surface area (Å²) in [5, 5.41) is 13.0. The first kappa shape index (κ1) is 26.9. The molecule has 5 aromatic carbocycles. The predicted molar refractivity (Wildman–Crippen MR) is 149 cm³/mol. The molecule has 0 saturated heterocycles. The van der Waals surface area contributed by atoms with Gasteiger partial charge in [0.1, 0.15) is 39.9 Å². The van der Waals surface area contributed by atoms with Crippen LogP contribution in [-0.4, -0.2) is 29.0 Å². The lowest BCUT2D eigenvalue weighted by Crippen LogP contribution is -2.13. The second kappa shape index (κ2) is 11.2. The molecule has 0 heterocycles. The molecule has 204 valence electrons. The quantitative estimate of drug-likeness (QED) is 0.154. The van der Waals surface area contributed by atoms with Crippen molar-refractivity contribution >= 4 is 45.4 Å². The number of carbonyl (C=O) groups is 4. The van der Waals surface area contributed by atoms with Gasteiger partial charge in [0.2, 0.25) is 0 Å². The van der Waals surface area contributed by atoms with E-state index in [1.165, 1.54) is 50.2 Å². The minimum atomic E-state index is -0.810. The molecule has 0 amide bonds. The molecule has 0 aromatic heterocycles. The molecule has 0 saturated carbocycles. The first-order valence-corrected chi connectivity index (χ1v) is 12.4. The van der Waals surface area contributed by atoms with Crippen LogP contribution in [0.5, 0.6) is 28.7 Å². The Morgan fingerprint density at radius 3 is 1.32 bits per heavy atom. The molecule has 5 aromatic rings. The van der Waals surface area contributed by atoms with Crippen LogP contribution >= 0.6 is 0 Å². The summed E-state index contributed by atoms with van der Waals surface area (Å²) >= 11 is 0. The van der Waals surface area contributed by atoms with Gasteiger partial charge in [-0.3, -0.25) is 9.59 Å². The molecule has 0 atom stereocenters. The van der Waals surface area contributed by atoms with Gasteiger partial charge in [-0.05, 0) is 53.2 Å².